The highest BCUT2D eigenvalue weighted by molar-refractivity contribution is 7.89. The van der Waals surface area contributed by atoms with E-state index in [2.05, 4.69) is 5.32 Å². The molecule has 0 aromatic heterocycles. The van der Waals surface area contributed by atoms with Gasteiger partial charge in [-0.15, -0.1) is 0 Å². The predicted octanol–water partition coefficient (Wildman–Crippen LogP) is 4.14. The van der Waals surface area contributed by atoms with Gasteiger partial charge in [0.1, 0.15) is 5.82 Å². The summed E-state index contributed by atoms with van der Waals surface area (Å²) in [6.45, 7) is 4.32. The van der Waals surface area contributed by atoms with Crippen molar-refractivity contribution in [2.24, 2.45) is 5.92 Å². The third-order valence-corrected chi connectivity index (χ3v) is 7.27. The maximum atomic E-state index is 13.3. The Morgan fingerprint density at radius 1 is 1.14 bits per heavy atom. The maximum Gasteiger partial charge on any atom is 0.243 e. The average molecular weight is 425 g/mol. The SMILES string of the molecule is Cc1cccc(C)c1NC(=O)C1CCN(S(=O)(=O)c2ccc(F)c(Cl)c2)CC1. The van der Waals surface area contributed by atoms with Crippen LogP contribution < -0.4 is 5.32 Å². The second kappa shape index (κ2) is 8.19. The summed E-state index contributed by atoms with van der Waals surface area (Å²) in [4.78, 5) is 12.6. The largest absolute Gasteiger partial charge is 0.325 e. The van der Waals surface area contributed by atoms with Crippen LogP contribution >= 0.6 is 11.6 Å². The molecule has 150 valence electrons. The third kappa shape index (κ3) is 4.21. The van der Waals surface area contributed by atoms with Gasteiger partial charge in [0.2, 0.25) is 15.9 Å². The fourth-order valence-corrected chi connectivity index (χ4v) is 5.12. The standard InChI is InChI=1S/C20H22ClFN2O3S/c1-13-4-3-5-14(2)19(13)23-20(25)15-8-10-24(11-9-15)28(26,27)16-6-7-18(22)17(21)12-16/h3-7,12,15H,8-11H2,1-2H3,(H,23,25). The number of hydrogen-bond donors (Lipinski definition) is 1. The van der Waals surface area contributed by atoms with E-state index in [1.165, 1.54) is 10.4 Å². The Morgan fingerprint density at radius 2 is 1.75 bits per heavy atom. The first-order valence-electron chi connectivity index (χ1n) is 9.02. The van der Waals surface area contributed by atoms with Crippen LogP contribution in [0.4, 0.5) is 10.1 Å². The van der Waals surface area contributed by atoms with Crippen molar-refractivity contribution in [2.75, 3.05) is 18.4 Å². The minimum absolute atomic E-state index is 0.0441. The second-order valence-electron chi connectivity index (χ2n) is 7.01. The number of hydrogen-bond acceptors (Lipinski definition) is 3. The van der Waals surface area contributed by atoms with E-state index in [-0.39, 0.29) is 34.8 Å². The van der Waals surface area contributed by atoms with Gasteiger partial charge < -0.3 is 5.32 Å². The van der Waals surface area contributed by atoms with Gasteiger partial charge in [-0.25, -0.2) is 12.8 Å². The van der Waals surface area contributed by atoms with E-state index < -0.39 is 15.8 Å². The molecule has 2 aromatic carbocycles. The summed E-state index contributed by atoms with van der Waals surface area (Å²) < 4.78 is 40.1. The normalized spacial score (nSPS) is 16.1. The van der Waals surface area contributed by atoms with Crippen LogP contribution in [0.5, 0.6) is 0 Å². The molecule has 3 rings (SSSR count). The molecule has 1 fully saturated rings. The molecule has 28 heavy (non-hydrogen) atoms. The van der Waals surface area contributed by atoms with Crippen molar-refractivity contribution in [2.45, 2.75) is 31.6 Å². The monoisotopic (exact) mass is 424 g/mol. The molecule has 0 aliphatic carbocycles. The molecule has 0 unspecified atom stereocenters. The lowest BCUT2D eigenvalue weighted by Crippen LogP contribution is -2.41. The number of aryl methyl sites for hydroxylation is 2. The van der Waals surface area contributed by atoms with Gasteiger partial charge in [0.15, 0.2) is 0 Å². The Kier molecular flexibility index (Phi) is 6.07. The number of benzene rings is 2. The lowest BCUT2D eigenvalue weighted by Gasteiger charge is -2.30. The molecule has 1 amide bonds. The zero-order valence-electron chi connectivity index (χ0n) is 15.7. The highest BCUT2D eigenvalue weighted by atomic mass is 35.5. The van der Waals surface area contributed by atoms with Crippen LogP contribution in [0.15, 0.2) is 41.3 Å². The number of carbonyl (C=O) groups excluding carboxylic acids is 1. The fraction of sp³-hybridized carbons (Fsp3) is 0.350. The minimum atomic E-state index is -3.77. The number of anilines is 1. The lowest BCUT2D eigenvalue weighted by molar-refractivity contribution is -0.120. The Balaban J connectivity index is 1.66. The van der Waals surface area contributed by atoms with E-state index in [1.54, 1.807) is 0 Å². The maximum absolute atomic E-state index is 13.3. The molecule has 0 bridgehead atoms. The number of carbonyl (C=O) groups is 1. The first kappa shape index (κ1) is 20.8. The van der Waals surface area contributed by atoms with Crippen LogP contribution in [-0.2, 0) is 14.8 Å². The molecule has 0 atom stereocenters. The van der Waals surface area contributed by atoms with Crippen LogP contribution in [-0.4, -0.2) is 31.7 Å². The smallest absolute Gasteiger partial charge is 0.243 e. The Bertz CT molecular complexity index is 982. The molecule has 0 radical (unpaired) electrons. The van der Waals surface area contributed by atoms with Gasteiger partial charge in [0.25, 0.3) is 0 Å². The van der Waals surface area contributed by atoms with Gasteiger partial charge in [-0.3, -0.25) is 4.79 Å². The van der Waals surface area contributed by atoms with E-state index in [1.807, 2.05) is 32.0 Å². The molecule has 2 aromatic rings. The van der Waals surface area contributed by atoms with Crippen molar-refractivity contribution in [3.05, 3.63) is 58.4 Å². The summed E-state index contributed by atoms with van der Waals surface area (Å²) in [6, 6.07) is 9.17. The van der Waals surface area contributed by atoms with E-state index in [0.29, 0.717) is 12.8 Å². The molecule has 5 nitrogen and oxygen atoms in total. The Labute approximate surface area is 169 Å². The number of rotatable bonds is 4. The van der Waals surface area contributed by atoms with Crippen LogP contribution in [0.2, 0.25) is 5.02 Å². The summed E-state index contributed by atoms with van der Waals surface area (Å²) in [6.07, 6.45) is 0.843. The zero-order chi connectivity index (χ0) is 20.5. The molecule has 1 saturated heterocycles. The van der Waals surface area contributed by atoms with Crippen molar-refractivity contribution in [3.8, 4) is 0 Å². The molecule has 0 saturated carbocycles. The van der Waals surface area contributed by atoms with Gasteiger partial charge >= 0.3 is 0 Å². The lowest BCUT2D eigenvalue weighted by atomic mass is 9.96. The van der Waals surface area contributed by atoms with Gasteiger partial charge in [-0.1, -0.05) is 29.8 Å². The summed E-state index contributed by atoms with van der Waals surface area (Å²) in [5, 5.41) is 2.75. The van der Waals surface area contributed by atoms with Gasteiger partial charge in [-0.2, -0.15) is 4.31 Å². The van der Waals surface area contributed by atoms with Crippen LogP contribution in [0.3, 0.4) is 0 Å². The van der Waals surface area contributed by atoms with E-state index in [0.717, 1.165) is 28.9 Å². The van der Waals surface area contributed by atoms with Crippen LogP contribution in [0.25, 0.3) is 0 Å². The number of piperidine rings is 1. The molecule has 1 N–H and O–H groups in total. The highest BCUT2D eigenvalue weighted by Gasteiger charge is 2.32. The molecular weight excluding hydrogens is 403 g/mol. The number of sulfonamides is 1. The first-order chi connectivity index (χ1) is 13.2. The summed E-state index contributed by atoms with van der Waals surface area (Å²) in [5.74, 6) is -1.02. The van der Waals surface area contributed by atoms with Gasteiger partial charge in [0, 0.05) is 24.7 Å². The molecule has 1 heterocycles. The number of nitrogens with one attached hydrogen (secondary N) is 1. The summed E-state index contributed by atoms with van der Waals surface area (Å²) >= 11 is 5.72. The van der Waals surface area contributed by atoms with Gasteiger partial charge in [-0.05, 0) is 56.0 Å². The first-order valence-corrected chi connectivity index (χ1v) is 10.8. The fourth-order valence-electron chi connectivity index (χ4n) is 3.38. The quantitative estimate of drug-likeness (QED) is 0.802. The molecule has 8 heteroatoms. The van der Waals surface area contributed by atoms with E-state index >= 15 is 0 Å². The zero-order valence-corrected chi connectivity index (χ0v) is 17.3. The molecule has 1 aliphatic rings. The number of para-hydroxylation sites is 1. The average Bonchev–Trinajstić information content (AvgIpc) is 2.67. The van der Waals surface area contributed by atoms with Crippen LogP contribution in [0.1, 0.15) is 24.0 Å². The van der Waals surface area contributed by atoms with Crippen molar-refractivity contribution in [1.82, 2.24) is 4.31 Å². The predicted molar refractivity (Wildman–Crippen MR) is 107 cm³/mol. The number of amides is 1. The highest BCUT2D eigenvalue weighted by Crippen LogP contribution is 2.28. The van der Waals surface area contributed by atoms with Crippen molar-refractivity contribution >= 4 is 33.2 Å². The van der Waals surface area contributed by atoms with E-state index in [9.17, 15) is 17.6 Å². The van der Waals surface area contributed by atoms with Crippen molar-refractivity contribution in [1.29, 1.82) is 0 Å². The number of nitrogens with zero attached hydrogens (tertiary/aromatic N) is 1. The number of halogens is 2. The minimum Gasteiger partial charge on any atom is -0.325 e. The molecular formula is C20H22ClFN2O3S. The van der Waals surface area contributed by atoms with Crippen molar-refractivity contribution in [3.63, 3.8) is 0 Å². The molecule has 0 spiro atoms. The molecule has 1 aliphatic heterocycles. The van der Waals surface area contributed by atoms with Gasteiger partial charge in [0.05, 0.1) is 9.92 Å². The summed E-state index contributed by atoms with van der Waals surface area (Å²) in [5.41, 5.74) is 2.78. The third-order valence-electron chi connectivity index (χ3n) is 5.08. The summed E-state index contributed by atoms with van der Waals surface area (Å²) in [7, 11) is -3.77. The Hall–Kier alpha value is -1.96. The Morgan fingerprint density at radius 3 is 2.32 bits per heavy atom. The topological polar surface area (TPSA) is 66.5 Å². The van der Waals surface area contributed by atoms with E-state index in [4.69, 9.17) is 11.6 Å². The van der Waals surface area contributed by atoms with Crippen LogP contribution in [0, 0.1) is 25.6 Å². The second-order valence-corrected chi connectivity index (χ2v) is 9.36. The van der Waals surface area contributed by atoms with Crippen molar-refractivity contribution < 1.29 is 17.6 Å².